The number of nitrogens with zero attached hydrogens (tertiary/aromatic N) is 5. The molecule has 1 saturated heterocycles. The van der Waals surface area contributed by atoms with E-state index in [2.05, 4.69) is 59.4 Å². The molecule has 1 atom stereocenters. The molecule has 3 aromatic heterocycles. The number of aryl methyl sites for hydroxylation is 1. The molecule has 29 heavy (non-hydrogen) atoms. The van der Waals surface area contributed by atoms with Gasteiger partial charge in [0.1, 0.15) is 0 Å². The number of pyridine rings is 2. The van der Waals surface area contributed by atoms with E-state index in [0.29, 0.717) is 5.92 Å². The Balaban J connectivity index is 1.35. The predicted molar refractivity (Wildman–Crippen MR) is 115 cm³/mol. The highest BCUT2D eigenvalue weighted by Gasteiger charge is 2.24. The number of fused-ring (bicyclic) bond motifs is 1. The fourth-order valence-electron chi connectivity index (χ4n) is 4.26. The predicted octanol–water partition coefficient (Wildman–Crippen LogP) is 4.48. The first kappa shape index (κ1) is 18.0. The Kier molecular flexibility index (Phi) is 4.82. The number of rotatable bonds is 4. The summed E-state index contributed by atoms with van der Waals surface area (Å²) in [6.07, 6.45) is 8.06. The van der Waals surface area contributed by atoms with E-state index in [1.165, 1.54) is 17.5 Å². The zero-order valence-electron chi connectivity index (χ0n) is 16.7. The molecule has 1 fully saturated rings. The van der Waals surface area contributed by atoms with Gasteiger partial charge in [-0.05, 0) is 50.1 Å². The zero-order valence-corrected chi connectivity index (χ0v) is 16.7. The van der Waals surface area contributed by atoms with Crippen LogP contribution in [0.25, 0.3) is 16.8 Å². The lowest BCUT2D eigenvalue weighted by atomic mass is 9.97. The largest absolute Gasteiger partial charge is 0.298 e. The van der Waals surface area contributed by atoms with Crippen LogP contribution in [0.3, 0.4) is 0 Å². The molecule has 5 nitrogen and oxygen atoms in total. The quantitative estimate of drug-likeness (QED) is 0.521. The molecule has 0 aliphatic carbocycles. The molecule has 1 aliphatic rings. The van der Waals surface area contributed by atoms with Gasteiger partial charge in [0.05, 0.1) is 0 Å². The fraction of sp³-hybridized carbons (Fsp3) is 0.292. The summed E-state index contributed by atoms with van der Waals surface area (Å²) in [6, 6.07) is 17.0. The molecule has 1 aliphatic heterocycles. The molecule has 0 spiro atoms. The molecule has 4 heterocycles. The Morgan fingerprint density at radius 1 is 1.07 bits per heavy atom. The second-order valence-corrected chi connectivity index (χ2v) is 8.00. The SMILES string of the molecule is Cc1cccc(CN2CCCC(c3nc4ccc(-c5cccnc5)cn4n3)C2)c1. The summed E-state index contributed by atoms with van der Waals surface area (Å²) >= 11 is 0. The minimum absolute atomic E-state index is 0.385. The van der Waals surface area contributed by atoms with Gasteiger partial charge in [0.15, 0.2) is 11.5 Å². The first-order chi connectivity index (χ1) is 14.2. The van der Waals surface area contributed by atoms with Crippen molar-refractivity contribution in [3.63, 3.8) is 0 Å². The van der Waals surface area contributed by atoms with Gasteiger partial charge < -0.3 is 0 Å². The summed E-state index contributed by atoms with van der Waals surface area (Å²) < 4.78 is 1.91. The highest BCUT2D eigenvalue weighted by atomic mass is 15.3. The van der Waals surface area contributed by atoms with Gasteiger partial charge in [-0.25, -0.2) is 9.50 Å². The van der Waals surface area contributed by atoms with Crippen molar-refractivity contribution in [2.75, 3.05) is 13.1 Å². The molecule has 5 heteroatoms. The van der Waals surface area contributed by atoms with Crippen molar-refractivity contribution in [3.8, 4) is 11.1 Å². The Bertz CT molecular complexity index is 1120. The van der Waals surface area contributed by atoms with Gasteiger partial charge in [0.2, 0.25) is 0 Å². The molecular formula is C24H25N5. The average molecular weight is 383 g/mol. The molecule has 1 unspecified atom stereocenters. The van der Waals surface area contributed by atoms with Crippen LogP contribution in [0.1, 0.15) is 35.7 Å². The molecular weight excluding hydrogens is 358 g/mol. The molecule has 0 saturated carbocycles. The van der Waals surface area contributed by atoms with Crippen LogP contribution in [0.5, 0.6) is 0 Å². The van der Waals surface area contributed by atoms with Gasteiger partial charge in [-0.15, -0.1) is 0 Å². The van der Waals surface area contributed by atoms with Gasteiger partial charge in [0.25, 0.3) is 0 Å². The van der Waals surface area contributed by atoms with Crippen LogP contribution in [0.15, 0.2) is 67.1 Å². The van der Waals surface area contributed by atoms with Crippen molar-refractivity contribution in [3.05, 3.63) is 84.1 Å². The smallest absolute Gasteiger partial charge is 0.156 e. The molecule has 0 radical (unpaired) electrons. The number of benzene rings is 1. The third-order valence-electron chi connectivity index (χ3n) is 5.70. The topological polar surface area (TPSA) is 46.3 Å². The minimum Gasteiger partial charge on any atom is -0.298 e. The van der Waals surface area contributed by atoms with Gasteiger partial charge in [-0.3, -0.25) is 9.88 Å². The number of hydrogen-bond acceptors (Lipinski definition) is 4. The van der Waals surface area contributed by atoms with E-state index in [4.69, 9.17) is 10.1 Å². The number of hydrogen-bond donors (Lipinski definition) is 0. The maximum absolute atomic E-state index is 4.84. The molecule has 0 amide bonds. The van der Waals surface area contributed by atoms with Gasteiger partial charge >= 0.3 is 0 Å². The third-order valence-corrected chi connectivity index (χ3v) is 5.70. The number of aromatic nitrogens is 4. The highest BCUT2D eigenvalue weighted by molar-refractivity contribution is 5.63. The van der Waals surface area contributed by atoms with Crippen LogP contribution in [0, 0.1) is 6.92 Å². The van der Waals surface area contributed by atoms with Crippen molar-refractivity contribution in [2.45, 2.75) is 32.2 Å². The second-order valence-electron chi connectivity index (χ2n) is 8.00. The summed E-state index contributed by atoms with van der Waals surface area (Å²) in [7, 11) is 0. The Hall–Kier alpha value is -3.05. The second kappa shape index (κ2) is 7.76. The van der Waals surface area contributed by atoms with Gasteiger partial charge in [0, 0.05) is 48.7 Å². The van der Waals surface area contributed by atoms with E-state index >= 15 is 0 Å². The summed E-state index contributed by atoms with van der Waals surface area (Å²) in [5.41, 5.74) is 5.81. The molecule has 0 N–H and O–H groups in total. The van der Waals surface area contributed by atoms with Crippen LogP contribution >= 0.6 is 0 Å². The average Bonchev–Trinajstić information content (AvgIpc) is 3.18. The maximum atomic E-state index is 4.84. The molecule has 4 aromatic rings. The molecule has 5 rings (SSSR count). The zero-order chi connectivity index (χ0) is 19.6. The van der Waals surface area contributed by atoms with Gasteiger partial charge in [-0.1, -0.05) is 35.9 Å². The van der Waals surface area contributed by atoms with Crippen molar-refractivity contribution < 1.29 is 0 Å². The first-order valence-electron chi connectivity index (χ1n) is 10.3. The van der Waals surface area contributed by atoms with Crippen LogP contribution < -0.4 is 0 Å². The molecule has 146 valence electrons. The van der Waals surface area contributed by atoms with Crippen LogP contribution in [-0.2, 0) is 6.54 Å². The van der Waals surface area contributed by atoms with E-state index in [1.807, 2.05) is 22.8 Å². The highest BCUT2D eigenvalue weighted by Crippen LogP contribution is 2.27. The number of piperidine rings is 1. The van der Waals surface area contributed by atoms with Crippen LogP contribution in [0.2, 0.25) is 0 Å². The maximum Gasteiger partial charge on any atom is 0.156 e. The van der Waals surface area contributed by atoms with Crippen LogP contribution in [-0.4, -0.2) is 37.6 Å². The first-order valence-corrected chi connectivity index (χ1v) is 10.3. The third kappa shape index (κ3) is 3.91. The molecule has 0 bridgehead atoms. The van der Waals surface area contributed by atoms with Crippen molar-refractivity contribution in [1.82, 2.24) is 24.5 Å². The number of likely N-dealkylation sites (tertiary alicyclic amines) is 1. The van der Waals surface area contributed by atoms with Crippen molar-refractivity contribution in [2.24, 2.45) is 0 Å². The van der Waals surface area contributed by atoms with E-state index in [-0.39, 0.29) is 0 Å². The van der Waals surface area contributed by atoms with Crippen molar-refractivity contribution >= 4 is 5.65 Å². The van der Waals surface area contributed by atoms with Gasteiger partial charge in [-0.2, -0.15) is 5.10 Å². The fourth-order valence-corrected chi connectivity index (χ4v) is 4.26. The summed E-state index contributed by atoms with van der Waals surface area (Å²) in [6.45, 7) is 5.31. The monoisotopic (exact) mass is 383 g/mol. The summed E-state index contributed by atoms with van der Waals surface area (Å²) in [5.74, 6) is 1.34. The van der Waals surface area contributed by atoms with E-state index < -0.39 is 0 Å². The standard InChI is InChI=1S/C24H25N5/c1-18-5-2-6-19(13-18)15-28-12-4-8-22(16-28)24-26-23-10-9-21(17-29(23)27-24)20-7-3-11-25-14-20/h2-3,5-7,9-11,13-14,17,22H,4,8,12,15-16H2,1H3. The Labute approximate surface area is 171 Å². The summed E-state index contributed by atoms with van der Waals surface area (Å²) in [4.78, 5) is 11.6. The lowest BCUT2D eigenvalue weighted by molar-refractivity contribution is 0.196. The Morgan fingerprint density at radius 3 is 2.90 bits per heavy atom. The van der Waals surface area contributed by atoms with Crippen molar-refractivity contribution in [1.29, 1.82) is 0 Å². The van der Waals surface area contributed by atoms with E-state index in [0.717, 1.165) is 48.7 Å². The lowest BCUT2D eigenvalue weighted by Gasteiger charge is -2.31. The summed E-state index contributed by atoms with van der Waals surface area (Å²) in [5, 5.41) is 4.84. The normalized spacial score (nSPS) is 17.6. The van der Waals surface area contributed by atoms with E-state index in [1.54, 1.807) is 6.20 Å². The minimum atomic E-state index is 0.385. The lowest BCUT2D eigenvalue weighted by Crippen LogP contribution is -2.34. The Morgan fingerprint density at radius 2 is 2.03 bits per heavy atom. The van der Waals surface area contributed by atoms with E-state index in [9.17, 15) is 0 Å². The molecule has 1 aromatic carbocycles. The van der Waals surface area contributed by atoms with Crippen LogP contribution in [0.4, 0.5) is 0 Å².